The van der Waals surface area contributed by atoms with E-state index in [2.05, 4.69) is 4.90 Å². The van der Waals surface area contributed by atoms with Crippen molar-refractivity contribution in [3.8, 4) is 5.75 Å². The molecular weight excluding hydrogens is 494 g/mol. The normalized spacial score (nSPS) is 12.5. The van der Waals surface area contributed by atoms with Crippen LogP contribution >= 0.6 is 11.6 Å². The minimum Gasteiger partial charge on any atom is -0.508 e. The second kappa shape index (κ2) is 11.7. The molecule has 0 saturated carbocycles. The number of aliphatic hydroxyl groups is 1. The van der Waals surface area contributed by atoms with Crippen LogP contribution in [-0.2, 0) is 22.8 Å². The van der Waals surface area contributed by atoms with E-state index in [1.165, 1.54) is 24.3 Å². The van der Waals surface area contributed by atoms with Gasteiger partial charge in [-0.3, -0.25) is 4.90 Å². The monoisotopic (exact) mass is 521 g/mol. The van der Waals surface area contributed by atoms with Crippen LogP contribution in [0.2, 0.25) is 5.02 Å². The van der Waals surface area contributed by atoms with E-state index >= 15 is 0 Å². The van der Waals surface area contributed by atoms with Crippen LogP contribution in [0.25, 0.3) is 0 Å². The molecule has 0 saturated heterocycles. The first kappa shape index (κ1) is 25.9. The topological polar surface area (TPSA) is 77.8 Å². The van der Waals surface area contributed by atoms with Crippen molar-refractivity contribution in [3.05, 3.63) is 125 Å². The zero-order valence-electron chi connectivity index (χ0n) is 19.7. The quantitative estimate of drug-likeness (QED) is 0.282. The van der Waals surface area contributed by atoms with Crippen LogP contribution in [0.4, 0.5) is 0 Å². The summed E-state index contributed by atoms with van der Waals surface area (Å²) >= 11 is 6.11. The third-order valence-electron chi connectivity index (χ3n) is 5.97. The van der Waals surface area contributed by atoms with Crippen LogP contribution in [-0.4, -0.2) is 36.6 Å². The second-order valence-corrected chi connectivity index (χ2v) is 11.1. The summed E-state index contributed by atoms with van der Waals surface area (Å²) in [7, 11) is -3.76. The van der Waals surface area contributed by atoms with Crippen LogP contribution in [0.1, 0.15) is 22.8 Å². The molecule has 1 atom stereocenters. The fourth-order valence-corrected chi connectivity index (χ4v) is 5.65. The molecule has 7 heteroatoms. The number of benzene rings is 4. The van der Waals surface area contributed by atoms with E-state index < -0.39 is 15.9 Å². The molecule has 2 N–H and O–H groups in total. The van der Waals surface area contributed by atoms with E-state index in [-0.39, 0.29) is 15.5 Å². The molecule has 0 amide bonds. The van der Waals surface area contributed by atoms with Gasteiger partial charge in [-0.1, -0.05) is 72.3 Å². The highest BCUT2D eigenvalue weighted by Gasteiger charge is 2.19. The van der Waals surface area contributed by atoms with Crippen molar-refractivity contribution in [3.63, 3.8) is 0 Å². The fraction of sp³-hybridized carbons (Fsp3) is 0.172. The number of rotatable bonds is 10. The Labute approximate surface area is 217 Å². The number of hydrogen-bond acceptors (Lipinski definition) is 5. The van der Waals surface area contributed by atoms with Crippen LogP contribution in [0, 0.1) is 0 Å². The Bertz CT molecular complexity index is 1410. The Morgan fingerprint density at radius 1 is 0.778 bits per heavy atom. The average molecular weight is 522 g/mol. The van der Waals surface area contributed by atoms with Crippen molar-refractivity contribution < 1.29 is 18.6 Å². The first-order valence-electron chi connectivity index (χ1n) is 11.6. The summed E-state index contributed by atoms with van der Waals surface area (Å²) in [6.45, 7) is 1.65. The lowest BCUT2D eigenvalue weighted by molar-refractivity contribution is 0.109. The van der Waals surface area contributed by atoms with Gasteiger partial charge in [0.05, 0.1) is 15.9 Å². The smallest absolute Gasteiger partial charge is 0.206 e. The standard InChI is InChI=1S/C29H28ClNO4S/c30-25-11-5-10-24(18-25)29(33)21-31(20-23-7-2-1-3-8-23)16-15-22-9-4-13-27(17-22)36(34,35)28-14-6-12-26(32)19-28/h1-14,17-19,29,32-33H,15-16,20-21H2/t29-/m0/s1. The van der Waals surface area contributed by atoms with E-state index in [1.54, 1.807) is 30.3 Å². The van der Waals surface area contributed by atoms with E-state index in [1.807, 2.05) is 48.5 Å². The number of phenols is 1. The maximum atomic E-state index is 13.1. The molecule has 186 valence electrons. The van der Waals surface area contributed by atoms with Crippen molar-refractivity contribution in [2.75, 3.05) is 13.1 Å². The molecule has 4 aromatic rings. The number of phenolic OH excluding ortho intramolecular Hbond substituents is 1. The summed E-state index contributed by atoms with van der Waals surface area (Å²) in [6, 6.07) is 29.8. The summed E-state index contributed by atoms with van der Waals surface area (Å²) in [5.41, 5.74) is 2.74. The maximum Gasteiger partial charge on any atom is 0.206 e. The molecule has 0 radical (unpaired) electrons. The highest BCUT2D eigenvalue weighted by molar-refractivity contribution is 7.91. The molecule has 5 nitrogen and oxygen atoms in total. The van der Waals surface area contributed by atoms with Crippen molar-refractivity contribution in [2.24, 2.45) is 0 Å². The van der Waals surface area contributed by atoms with Crippen molar-refractivity contribution in [1.29, 1.82) is 0 Å². The van der Waals surface area contributed by atoms with Gasteiger partial charge in [0, 0.05) is 24.7 Å². The first-order chi connectivity index (χ1) is 17.3. The van der Waals surface area contributed by atoms with Gasteiger partial charge in [0.25, 0.3) is 0 Å². The molecule has 0 aromatic heterocycles. The minimum absolute atomic E-state index is 0.0509. The molecule has 0 bridgehead atoms. The van der Waals surface area contributed by atoms with Crippen LogP contribution in [0.3, 0.4) is 0 Å². The molecule has 4 rings (SSSR count). The van der Waals surface area contributed by atoms with Crippen molar-refractivity contribution >= 4 is 21.4 Å². The average Bonchev–Trinajstić information content (AvgIpc) is 2.88. The van der Waals surface area contributed by atoms with Crippen LogP contribution in [0.15, 0.2) is 113 Å². The molecule has 0 fully saturated rings. The Morgan fingerprint density at radius 3 is 2.17 bits per heavy atom. The first-order valence-corrected chi connectivity index (χ1v) is 13.5. The van der Waals surface area contributed by atoms with Gasteiger partial charge >= 0.3 is 0 Å². The number of nitrogens with zero attached hydrogens (tertiary/aromatic N) is 1. The van der Waals surface area contributed by atoms with Gasteiger partial charge in [-0.05, 0) is 65.6 Å². The molecule has 0 aliphatic carbocycles. The molecule has 0 aliphatic rings. The Morgan fingerprint density at radius 2 is 1.44 bits per heavy atom. The largest absolute Gasteiger partial charge is 0.508 e. The van der Waals surface area contributed by atoms with Crippen molar-refractivity contribution in [1.82, 2.24) is 4.90 Å². The highest BCUT2D eigenvalue weighted by atomic mass is 35.5. The third-order valence-corrected chi connectivity index (χ3v) is 7.95. The predicted molar refractivity (Wildman–Crippen MR) is 142 cm³/mol. The van der Waals surface area contributed by atoms with E-state index in [0.29, 0.717) is 31.1 Å². The van der Waals surface area contributed by atoms with E-state index in [9.17, 15) is 18.6 Å². The summed E-state index contributed by atoms with van der Waals surface area (Å²) in [5.74, 6) is -0.0953. The number of sulfone groups is 1. The maximum absolute atomic E-state index is 13.1. The van der Waals surface area contributed by atoms with E-state index in [0.717, 1.165) is 16.7 Å². The number of aliphatic hydroxyl groups excluding tert-OH is 1. The molecule has 0 spiro atoms. The predicted octanol–water partition coefficient (Wildman–Crippen LogP) is 5.66. The van der Waals surface area contributed by atoms with Gasteiger partial charge in [0.2, 0.25) is 9.84 Å². The summed E-state index contributed by atoms with van der Waals surface area (Å²) in [4.78, 5) is 2.38. The van der Waals surface area contributed by atoms with Gasteiger partial charge in [0.1, 0.15) is 5.75 Å². The lowest BCUT2D eigenvalue weighted by Crippen LogP contribution is -2.30. The summed E-state index contributed by atoms with van der Waals surface area (Å²) < 4.78 is 26.2. The minimum atomic E-state index is -3.76. The molecular formula is C29H28ClNO4S. The van der Waals surface area contributed by atoms with Crippen LogP contribution < -0.4 is 0 Å². The zero-order chi connectivity index (χ0) is 25.5. The highest BCUT2D eigenvalue weighted by Crippen LogP contribution is 2.25. The summed E-state index contributed by atoms with van der Waals surface area (Å²) in [5, 5.41) is 21.2. The number of aromatic hydroxyl groups is 1. The molecule has 0 aliphatic heterocycles. The SMILES string of the molecule is O=S(=O)(c1cccc(O)c1)c1cccc(CCN(Cc2ccccc2)C[C@H](O)c2cccc(Cl)c2)c1. The van der Waals surface area contributed by atoms with Gasteiger partial charge in [-0.2, -0.15) is 0 Å². The third kappa shape index (κ3) is 6.74. The molecule has 4 aromatic carbocycles. The molecule has 0 unspecified atom stereocenters. The van der Waals surface area contributed by atoms with Gasteiger partial charge < -0.3 is 10.2 Å². The Hall–Kier alpha value is -3.16. The zero-order valence-corrected chi connectivity index (χ0v) is 21.2. The Balaban J connectivity index is 1.52. The number of halogens is 1. The van der Waals surface area contributed by atoms with Gasteiger partial charge in [0.15, 0.2) is 0 Å². The fourth-order valence-electron chi connectivity index (χ4n) is 4.08. The van der Waals surface area contributed by atoms with Crippen LogP contribution in [0.5, 0.6) is 5.75 Å². The van der Waals surface area contributed by atoms with Crippen molar-refractivity contribution in [2.45, 2.75) is 28.9 Å². The second-order valence-electron chi connectivity index (χ2n) is 8.69. The Kier molecular flexibility index (Phi) is 8.44. The van der Waals surface area contributed by atoms with Gasteiger partial charge in [-0.25, -0.2) is 8.42 Å². The molecule has 36 heavy (non-hydrogen) atoms. The van der Waals surface area contributed by atoms with E-state index in [4.69, 9.17) is 11.6 Å². The molecule has 0 heterocycles. The van der Waals surface area contributed by atoms with Gasteiger partial charge in [-0.15, -0.1) is 0 Å². The number of hydrogen-bond donors (Lipinski definition) is 2. The lowest BCUT2D eigenvalue weighted by Gasteiger charge is -2.26. The lowest BCUT2D eigenvalue weighted by atomic mass is 10.1. The summed E-state index contributed by atoms with van der Waals surface area (Å²) in [6.07, 6.45) is -0.122.